The molecule has 1 aromatic carbocycles. The largest absolute Gasteiger partial charge is 0.271 e. The van der Waals surface area contributed by atoms with Gasteiger partial charge in [-0.2, -0.15) is 0 Å². The Balaban J connectivity index is 2.22. The fourth-order valence-corrected chi connectivity index (χ4v) is 2.91. The van der Waals surface area contributed by atoms with Crippen LogP contribution in [0.15, 0.2) is 45.5 Å². The summed E-state index contributed by atoms with van der Waals surface area (Å²) >= 11 is 12.9. The van der Waals surface area contributed by atoms with E-state index in [0.29, 0.717) is 11.4 Å². The first-order chi connectivity index (χ1) is 9.08. The summed E-state index contributed by atoms with van der Waals surface area (Å²) in [6.07, 6.45) is 2.47. The maximum atomic E-state index is 6.05. The molecule has 1 atom stereocenters. The van der Waals surface area contributed by atoms with Crippen LogP contribution in [0, 0.1) is 0 Å². The molecule has 0 saturated carbocycles. The zero-order chi connectivity index (χ0) is 13.8. The van der Waals surface area contributed by atoms with E-state index in [-0.39, 0.29) is 6.04 Å². The molecule has 0 fully saturated rings. The van der Waals surface area contributed by atoms with E-state index in [4.69, 9.17) is 17.4 Å². The highest BCUT2D eigenvalue weighted by atomic mass is 79.9. The van der Waals surface area contributed by atoms with Crippen LogP contribution in [0.3, 0.4) is 0 Å². The Bertz CT molecular complexity index is 540. The highest BCUT2D eigenvalue weighted by Gasteiger charge is 2.12. The van der Waals surface area contributed by atoms with Crippen LogP contribution in [0.4, 0.5) is 0 Å². The lowest BCUT2D eigenvalue weighted by molar-refractivity contribution is 0.545. The Hall–Kier alpha value is -0.460. The van der Waals surface area contributed by atoms with Crippen molar-refractivity contribution in [1.29, 1.82) is 0 Å². The summed E-state index contributed by atoms with van der Waals surface area (Å²) in [5.41, 5.74) is 4.79. The fraction of sp³-hybridized carbons (Fsp3) is 0.154. The van der Waals surface area contributed by atoms with E-state index in [1.165, 1.54) is 0 Å². The van der Waals surface area contributed by atoms with Gasteiger partial charge in [-0.15, -0.1) is 0 Å². The summed E-state index contributed by atoms with van der Waals surface area (Å²) in [7, 11) is 0. The molecule has 6 heteroatoms. The summed E-state index contributed by atoms with van der Waals surface area (Å²) in [5, 5.41) is 0.674. The van der Waals surface area contributed by atoms with Gasteiger partial charge < -0.3 is 0 Å². The molecule has 19 heavy (non-hydrogen) atoms. The molecule has 2 aromatic rings. The fourth-order valence-electron chi connectivity index (χ4n) is 1.79. The number of hydrogen-bond donors (Lipinski definition) is 2. The summed E-state index contributed by atoms with van der Waals surface area (Å²) in [5.74, 6) is 5.64. The minimum Gasteiger partial charge on any atom is -0.271 e. The maximum absolute atomic E-state index is 6.05. The lowest BCUT2D eigenvalue weighted by Gasteiger charge is -2.16. The van der Waals surface area contributed by atoms with Gasteiger partial charge in [-0.3, -0.25) is 16.3 Å². The number of aromatic nitrogens is 1. The average molecular weight is 406 g/mol. The highest BCUT2D eigenvalue weighted by molar-refractivity contribution is 9.10. The van der Waals surface area contributed by atoms with E-state index in [2.05, 4.69) is 42.3 Å². The van der Waals surface area contributed by atoms with Crippen molar-refractivity contribution >= 4 is 43.5 Å². The lowest BCUT2D eigenvalue weighted by atomic mass is 10.0. The molecule has 1 heterocycles. The molecular formula is C13H12Br2ClN3. The number of nitrogens with two attached hydrogens (primary N) is 1. The first-order valence-electron chi connectivity index (χ1n) is 5.61. The van der Waals surface area contributed by atoms with Crippen molar-refractivity contribution in [3.63, 3.8) is 0 Å². The van der Waals surface area contributed by atoms with Crippen molar-refractivity contribution < 1.29 is 0 Å². The minimum absolute atomic E-state index is 0.0383. The van der Waals surface area contributed by atoms with Gasteiger partial charge >= 0.3 is 0 Å². The molecule has 0 spiro atoms. The van der Waals surface area contributed by atoms with E-state index in [9.17, 15) is 0 Å². The van der Waals surface area contributed by atoms with Gasteiger partial charge in [0.25, 0.3) is 0 Å². The van der Waals surface area contributed by atoms with Crippen molar-refractivity contribution in [3.8, 4) is 0 Å². The first kappa shape index (κ1) is 14.9. The number of benzene rings is 1. The number of nitrogens with zero attached hydrogens (tertiary/aromatic N) is 1. The summed E-state index contributed by atoms with van der Waals surface area (Å²) in [6, 6.07) is 9.63. The molecule has 0 amide bonds. The van der Waals surface area contributed by atoms with Crippen molar-refractivity contribution in [1.82, 2.24) is 10.4 Å². The number of pyridine rings is 1. The van der Waals surface area contributed by atoms with Gasteiger partial charge in [0.1, 0.15) is 0 Å². The maximum Gasteiger partial charge on any atom is 0.0516 e. The SMILES string of the molecule is NNC(Cc1ccc(Br)cn1)c1cc(Cl)cc(Br)c1. The Morgan fingerprint density at radius 1 is 1.21 bits per heavy atom. The van der Waals surface area contributed by atoms with E-state index in [1.807, 2.05) is 30.3 Å². The molecule has 0 bridgehead atoms. The highest BCUT2D eigenvalue weighted by Crippen LogP contribution is 2.25. The van der Waals surface area contributed by atoms with E-state index in [0.717, 1.165) is 20.2 Å². The quantitative estimate of drug-likeness (QED) is 0.597. The van der Waals surface area contributed by atoms with Crippen LogP contribution >= 0.6 is 43.5 Å². The third kappa shape index (κ3) is 4.26. The number of halogens is 3. The zero-order valence-electron chi connectivity index (χ0n) is 9.91. The smallest absolute Gasteiger partial charge is 0.0516 e. The van der Waals surface area contributed by atoms with Crippen LogP contribution < -0.4 is 11.3 Å². The number of nitrogens with one attached hydrogen (secondary N) is 1. The Morgan fingerprint density at radius 2 is 2.00 bits per heavy atom. The van der Waals surface area contributed by atoms with Gasteiger partial charge in [-0.05, 0) is 51.8 Å². The molecule has 3 N–H and O–H groups in total. The predicted molar refractivity (Wildman–Crippen MR) is 84.9 cm³/mol. The topological polar surface area (TPSA) is 50.9 Å². The molecule has 0 aliphatic heterocycles. The second kappa shape index (κ2) is 6.81. The first-order valence-corrected chi connectivity index (χ1v) is 7.57. The Kier molecular flexibility index (Phi) is 5.36. The van der Waals surface area contributed by atoms with Crippen molar-refractivity contribution in [2.45, 2.75) is 12.5 Å². The van der Waals surface area contributed by atoms with Crippen LogP contribution in [0.5, 0.6) is 0 Å². The monoisotopic (exact) mass is 403 g/mol. The third-order valence-corrected chi connectivity index (χ3v) is 3.84. The predicted octanol–water partition coefficient (Wildman–Crippen LogP) is 4.01. The van der Waals surface area contributed by atoms with Gasteiger partial charge in [-0.25, -0.2) is 0 Å². The van der Waals surface area contributed by atoms with Crippen molar-refractivity contribution in [2.75, 3.05) is 0 Å². The van der Waals surface area contributed by atoms with Crippen LogP contribution in [0.25, 0.3) is 0 Å². The van der Waals surface area contributed by atoms with Crippen LogP contribution in [0.2, 0.25) is 5.02 Å². The standard InChI is InChI=1S/C13H12Br2ClN3/c14-9-1-2-12(18-7-9)6-13(19-17)8-3-10(15)5-11(16)4-8/h1-5,7,13,19H,6,17H2. The second-order valence-corrected chi connectivity index (χ2v) is 6.36. The second-order valence-electron chi connectivity index (χ2n) is 4.09. The van der Waals surface area contributed by atoms with E-state index < -0.39 is 0 Å². The van der Waals surface area contributed by atoms with Crippen LogP contribution in [-0.2, 0) is 6.42 Å². The molecule has 0 radical (unpaired) electrons. The number of hydrazine groups is 1. The van der Waals surface area contributed by atoms with Gasteiger partial charge in [0.15, 0.2) is 0 Å². The number of hydrogen-bond acceptors (Lipinski definition) is 3. The van der Waals surface area contributed by atoms with Gasteiger partial charge in [-0.1, -0.05) is 27.5 Å². The molecule has 1 aromatic heterocycles. The summed E-state index contributed by atoms with van der Waals surface area (Å²) in [4.78, 5) is 4.35. The normalized spacial score (nSPS) is 12.4. The van der Waals surface area contributed by atoms with E-state index >= 15 is 0 Å². The third-order valence-electron chi connectivity index (χ3n) is 2.69. The molecule has 1 unspecified atom stereocenters. The number of rotatable bonds is 4. The molecule has 0 saturated heterocycles. The van der Waals surface area contributed by atoms with Gasteiger partial charge in [0.05, 0.1) is 6.04 Å². The van der Waals surface area contributed by atoms with Gasteiger partial charge in [0.2, 0.25) is 0 Å². The minimum atomic E-state index is -0.0383. The van der Waals surface area contributed by atoms with Crippen molar-refractivity contribution in [3.05, 3.63) is 61.8 Å². The van der Waals surface area contributed by atoms with Crippen molar-refractivity contribution in [2.24, 2.45) is 5.84 Å². The van der Waals surface area contributed by atoms with E-state index in [1.54, 1.807) is 6.20 Å². The Labute approximate surface area is 133 Å². The summed E-state index contributed by atoms with van der Waals surface area (Å²) < 4.78 is 1.89. The molecule has 100 valence electrons. The van der Waals surface area contributed by atoms with Crippen LogP contribution in [0.1, 0.15) is 17.3 Å². The molecule has 0 aliphatic rings. The summed E-state index contributed by atoms with van der Waals surface area (Å²) in [6.45, 7) is 0. The Morgan fingerprint density at radius 3 is 2.58 bits per heavy atom. The molecular weight excluding hydrogens is 393 g/mol. The average Bonchev–Trinajstić information content (AvgIpc) is 2.37. The zero-order valence-corrected chi connectivity index (χ0v) is 13.8. The van der Waals surface area contributed by atoms with Crippen LogP contribution in [-0.4, -0.2) is 4.98 Å². The molecule has 3 nitrogen and oxygen atoms in total. The van der Waals surface area contributed by atoms with Gasteiger partial charge in [0, 0.05) is 32.3 Å². The molecule has 2 rings (SSSR count). The molecule has 0 aliphatic carbocycles. The lowest BCUT2D eigenvalue weighted by Crippen LogP contribution is -2.29.